The lowest BCUT2D eigenvalue weighted by atomic mass is 9.95. The molecular weight excluding hydrogens is 526 g/mol. The second-order valence-corrected chi connectivity index (χ2v) is 12.7. The zero-order chi connectivity index (χ0) is 32.0. The number of carboxylic acids is 1. The number of carboxylic acid groups (broad SMARTS) is 1. The smallest absolute Gasteiger partial charge is 0.326 e. The van der Waals surface area contributed by atoms with Crippen LogP contribution < -0.4 is 27.0 Å². The summed E-state index contributed by atoms with van der Waals surface area (Å²) in [6.45, 7) is 18.9. The van der Waals surface area contributed by atoms with Crippen molar-refractivity contribution < 1.29 is 29.1 Å². The maximum absolute atomic E-state index is 13.6. The number of carbonyl (C=O) groups is 5. The number of carbonyl (C=O) groups excluding carboxylic acids is 4. The van der Waals surface area contributed by atoms with Crippen molar-refractivity contribution in [1.82, 2.24) is 21.3 Å². The van der Waals surface area contributed by atoms with Gasteiger partial charge < -0.3 is 32.1 Å². The Labute approximate surface area is 246 Å². The number of amides is 4. The molecule has 0 aromatic rings. The Morgan fingerprint density at radius 3 is 1.29 bits per heavy atom. The standard InChI is InChI=1S/C30H57N5O6/c1-11-19(9)24(34-27(37)22(14-17(5)6)32-26(36)21(31)13-16(3)4)29(39)33-23(15-18(7)8)28(38)35-25(30(40)41)20(10)12-2/h16-25H,11-15,31H2,1-10H3,(H,32,36)(H,33,39)(H,34,37)(H,35,38)(H,40,41)/t19-,20-,21-,22-,23-,24-,25-/m0/s1. The van der Waals surface area contributed by atoms with Gasteiger partial charge in [0.05, 0.1) is 6.04 Å². The van der Waals surface area contributed by atoms with E-state index in [0.29, 0.717) is 25.7 Å². The molecule has 41 heavy (non-hydrogen) atoms. The second-order valence-electron chi connectivity index (χ2n) is 12.7. The van der Waals surface area contributed by atoms with Crippen LogP contribution in [0.25, 0.3) is 0 Å². The van der Waals surface area contributed by atoms with Crippen molar-refractivity contribution in [1.29, 1.82) is 0 Å². The highest BCUT2D eigenvalue weighted by Crippen LogP contribution is 2.14. The number of hydrogen-bond donors (Lipinski definition) is 6. The maximum Gasteiger partial charge on any atom is 0.326 e. The summed E-state index contributed by atoms with van der Waals surface area (Å²) in [4.78, 5) is 64.7. The van der Waals surface area contributed by atoms with Crippen LogP contribution >= 0.6 is 0 Å². The van der Waals surface area contributed by atoms with Crippen molar-refractivity contribution in [3.8, 4) is 0 Å². The van der Waals surface area contributed by atoms with Crippen LogP contribution in [0.1, 0.15) is 101 Å². The summed E-state index contributed by atoms with van der Waals surface area (Å²) in [7, 11) is 0. The minimum atomic E-state index is -1.14. The van der Waals surface area contributed by atoms with Crippen molar-refractivity contribution in [2.24, 2.45) is 35.3 Å². The van der Waals surface area contributed by atoms with Gasteiger partial charge in [0, 0.05) is 0 Å². The first kappa shape index (κ1) is 38.3. The summed E-state index contributed by atoms with van der Waals surface area (Å²) in [5.74, 6) is -3.48. The molecule has 0 rings (SSSR count). The zero-order valence-corrected chi connectivity index (χ0v) is 26.9. The third-order valence-corrected chi connectivity index (χ3v) is 7.31. The molecule has 0 saturated carbocycles. The topological polar surface area (TPSA) is 180 Å². The highest BCUT2D eigenvalue weighted by atomic mass is 16.4. The second kappa shape index (κ2) is 18.7. The Morgan fingerprint density at radius 2 is 0.927 bits per heavy atom. The van der Waals surface area contributed by atoms with Gasteiger partial charge in [-0.25, -0.2) is 4.79 Å². The molecule has 0 aliphatic rings. The normalized spacial score (nSPS) is 16.7. The molecule has 0 aromatic heterocycles. The third-order valence-electron chi connectivity index (χ3n) is 7.31. The lowest BCUT2D eigenvalue weighted by Crippen LogP contribution is -2.60. The van der Waals surface area contributed by atoms with Crippen molar-refractivity contribution in [2.75, 3.05) is 0 Å². The van der Waals surface area contributed by atoms with Gasteiger partial charge in [0.25, 0.3) is 0 Å². The van der Waals surface area contributed by atoms with E-state index in [9.17, 15) is 29.1 Å². The fourth-order valence-corrected chi connectivity index (χ4v) is 4.45. The molecule has 7 N–H and O–H groups in total. The fourth-order valence-electron chi connectivity index (χ4n) is 4.45. The Morgan fingerprint density at radius 1 is 0.561 bits per heavy atom. The van der Waals surface area contributed by atoms with Crippen LogP contribution in [0.15, 0.2) is 0 Å². The van der Waals surface area contributed by atoms with E-state index in [1.165, 1.54) is 0 Å². The van der Waals surface area contributed by atoms with Crippen molar-refractivity contribution >= 4 is 29.6 Å². The number of nitrogens with two attached hydrogens (primary N) is 1. The molecule has 0 aromatic carbocycles. The first-order valence-corrected chi connectivity index (χ1v) is 15.1. The Balaban J connectivity index is 5.93. The lowest BCUT2D eigenvalue weighted by Gasteiger charge is -2.30. The van der Waals surface area contributed by atoms with Crippen LogP contribution in [0.2, 0.25) is 0 Å². The number of aliphatic carboxylic acids is 1. The van der Waals surface area contributed by atoms with Gasteiger partial charge in [-0.3, -0.25) is 19.2 Å². The molecule has 0 fully saturated rings. The molecule has 0 unspecified atom stereocenters. The van der Waals surface area contributed by atoms with Gasteiger partial charge in [0.1, 0.15) is 24.2 Å². The first-order valence-electron chi connectivity index (χ1n) is 15.1. The molecular formula is C30H57N5O6. The van der Waals surface area contributed by atoms with E-state index in [1.807, 2.05) is 62.3 Å². The monoisotopic (exact) mass is 583 g/mol. The van der Waals surface area contributed by atoms with Gasteiger partial charge >= 0.3 is 5.97 Å². The fraction of sp³-hybridized carbons (Fsp3) is 0.833. The van der Waals surface area contributed by atoms with E-state index >= 15 is 0 Å². The molecule has 0 bridgehead atoms. The molecule has 4 amide bonds. The number of nitrogens with one attached hydrogen (secondary N) is 4. The molecule has 0 spiro atoms. The number of rotatable bonds is 19. The number of hydrogen-bond acceptors (Lipinski definition) is 6. The van der Waals surface area contributed by atoms with Gasteiger partial charge in [-0.2, -0.15) is 0 Å². The Bertz CT molecular complexity index is 862. The van der Waals surface area contributed by atoms with Gasteiger partial charge in [-0.15, -0.1) is 0 Å². The molecule has 11 nitrogen and oxygen atoms in total. The van der Waals surface area contributed by atoms with E-state index < -0.39 is 59.8 Å². The molecule has 0 saturated heterocycles. The average Bonchev–Trinajstić information content (AvgIpc) is 2.86. The quantitative estimate of drug-likeness (QED) is 0.135. The minimum absolute atomic E-state index is 0.0234. The largest absolute Gasteiger partial charge is 0.480 e. The summed E-state index contributed by atoms with van der Waals surface area (Å²) >= 11 is 0. The predicted octanol–water partition coefficient (Wildman–Crippen LogP) is 2.57. The summed E-state index contributed by atoms with van der Waals surface area (Å²) in [5.41, 5.74) is 6.04. The Kier molecular flexibility index (Phi) is 17.5. The van der Waals surface area contributed by atoms with Crippen molar-refractivity contribution in [3.63, 3.8) is 0 Å². The van der Waals surface area contributed by atoms with Gasteiger partial charge in [-0.1, -0.05) is 82.1 Å². The summed E-state index contributed by atoms with van der Waals surface area (Å²) < 4.78 is 0. The maximum atomic E-state index is 13.6. The highest BCUT2D eigenvalue weighted by Gasteiger charge is 2.35. The van der Waals surface area contributed by atoms with Crippen LogP contribution in [0.3, 0.4) is 0 Å². The minimum Gasteiger partial charge on any atom is -0.480 e. The van der Waals surface area contributed by atoms with Crippen LogP contribution in [0, 0.1) is 29.6 Å². The van der Waals surface area contributed by atoms with Gasteiger partial charge in [0.2, 0.25) is 23.6 Å². The summed E-state index contributed by atoms with van der Waals surface area (Å²) in [6.07, 6.45) is 2.22. The van der Waals surface area contributed by atoms with E-state index in [-0.39, 0.29) is 36.0 Å². The molecule has 0 aliphatic heterocycles. The SMILES string of the molecule is CC[C@H](C)[C@H](NC(=O)[C@H](CC(C)C)NC(=O)[C@@H](NC(=O)[C@H](CC(C)C)NC(=O)[C@@H](N)CC(C)C)[C@@H](C)CC)C(=O)O. The van der Waals surface area contributed by atoms with Crippen molar-refractivity contribution in [2.45, 2.75) is 132 Å². The average molecular weight is 584 g/mol. The van der Waals surface area contributed by atoms with Crippen LogP contribution in [0.5, 0.6) is 0 Å². The predicted molar refractivity (Wildman–Crippen MR) is 161 cm³/mol. The molecule has 7 atom stereocenters. The molecule has 0 heterocycles. The molecule has 11 heteroatoms. The zero-order valence-electron chi connectivity index (χ0n) is 26.9. The molecule has 0 radical (unpaired) electrons. The van der Waals surface area contributed by atoms with E-state index in [4.69, 9.17) is 5.73 Å². The highest BCUT2D eigenvalue weighted by molar-refractivity contribution is 5.95. The molecule has 238 valence electrons. The summed E-state index contributed by atoms with van der Waals surface area (Å²) in [6, 6.07) is -4.70. The van der Waals surface area contributed by atoms with Gasteiger partial charge in [0.15, 0.2) is 0 Å². The third kappa shape index (κ3) is 14.2. The first-order chi connectivity index (χ1) is 18.9. The lowest BCUT2D eigenvalue weighted by molar-refractivity contribution is -0.144. The Hall–Kier alpha value is -2.69. The van der Waals surface area contributed by atoms with E-state index in [2.05, 4.69) is 21.3 Å². The summed E-state index contributed by atoms with van der Waals surface area (Å²) in [5, 5.41) is 20.5. The van der Waals surface area contributed by atoms with Crippen LogP contribution in [-0.4, -0.2) is 64.9 Å². The van der Waals surface area contributed by atoms with E-state index in [0.717, 1.165) is 0 Å². The van der Waals surface area contributed by atoms with Crippen LogP contribution in [-0.2, 0) is 24.0 Å². The molecule has 0 aliphatic carbocycles. The van der Waals surface area contributed by atoms with Crippen LogP contribution in [0.4, 0.5) is 0 Å². The van der Waals surface area contributed by atoms with E-state index in [1.54, 1.807) is 6.92 Å². The van der Waals surface area contributed by atoms with Crippen molar-refractivity contribution in [3.05, 3.63) is 0 Å². The van der Waals surface area contributed by atoms with Gasteiger partial charge in [-0.05, 0) is 48.9 Å².